The number of hydrogen-bond acceptors (Lipinski definition) is 4. The van der Waals surface area contributed by atoms with E-state index in [1.807, 2.05) is 0 Å². The van der Waals surface area contributed by atoms with Gasteiger partial charge in [-0.2, -0.15) is 30.4 Å². The van der Waals surface area contributed by atoms with Gasteiger partial charge in [-0.25, -0.2) is 0 Å². The Labute approximate surface area is 106 Å². The maximum atomic E-state index is 13.1. The standard InChI is InChI=1S/C8H13F5O5S/c1-6(2,3-4-14)18-5(7(9,10)11)8(12,13)19(15,16)17/h5,14H,3-4H2,1-2H3,(H,15,16,17). The van der Waals surface area contributed by atoms with Gasteiger partial charge >= 0.3 is 21.5 Å². The lowest BCUT2D eigenvalue weighted by Gasteiger charge is -2.34. The van der Waals surface area contributed by atoms with Crippen LogP contribution >= 0.6 is 0 Å². The fourth-order valence-electron chi connectivity index (χ4n) is 1.11. The second-order valence-electron chi connectivity index (χ2n) is 4.31. The molecule has 0 fully saturated rings. The van der Waals surface area contributed by atoms with Crippen molar-refractivity contribution in [2.75, 3.05) is 6.61 Å². The van der Waals surface area contributed by atoms with E-state index in [0.717, 1.165) is 13.8 Å². The third-order valence-corrected chi connectivity index (χ3v) is 3.00. The number of halogens is 5. The van der Waals surface area contributed by atoms with Gasteiger partial charge in [0.05, 0.1) is 5.60 Å². The van der Waals surface area contributed by atoms with Crippen molar-refractivity contribution in [3.05, 3.63) is 0 Å². The molecule has 5 nitrogen and oxygen atoms in total. The molecule has 0 aliphatic carbocycles. The number of aliphatic hydroxyl groups is 1. The lowest BCUT2D eigenvalue weighted by Crippen LogP contribution is -2.54. The first-order valence-corrected chi connectivity index (χ1v) is 6.29. The van der Waals surface area contributed by atoms with Crippen LogP contribution in [-0.2, 0) is 14.9 Å². The smallest absolute Gasteiger partial charge is 0.396 e. The molecule has 0 saturated carbocycles. The molecule has 1 unspecified atom stereocenters. The van der Waals surface area contributed by atoms with E-state index in [0.29, 0.717) is 0 Å². The molecule has 0 amide bonds. The quantitative estimate of drug-likeness (QED) is 0.574. The zero-order valence-electron chi connectivity index (χ0n) is 9.91. The summed E-state index contributed by atoms with van der Waals surface area (Å²) in [4.78, 5) is 0. The fourth-order valence-corrected chi connectivity index (χ4v) is 1.56. The van der Waals surface area contributed by atoms with E-state index < -0.39 is 46.3 Å². The second kappa shape index (κ2) is 5.46. The third kappa shape index (κ3) is 4.82. The third-order valence-electron chi connectivity index (χ3n) is 2.10. The Morgan fingerprint density at radius 2 is 1.58 bits per heavy atom. The van der Waals surface area contributed by atoms with Gasteiger partial charge < -0.3 is 9.84 Å². The summed E-state index contributed by atoms with van der Waals surface area (Å²) in [5.41, 5.74) is -1.87. The second-order valence-corrected chi connectivity index (χ2v) is 5.80. The topological polar surface area (TPSA) is 83.8 Å². The summed E-state index contributed by atoms with van der Waals surface area (Å²) >= 11 is 0. The molecule has 0 bridgehead atoms. The van der Waals surface area contributed by atoms with Crippen molar-refractivity contribution in [2.24, 2.45) is 0 Å². The average molecular weight is 316 g/mol. The summed E-state index contributed by atoms with van der Waals surface area (Å²) in [6, 6.07) is 0. The van der Waals surface area contributed by atoms with Gasteiger partial charge in [0.25, 0.3) is 0 Å². The molecule has 2 N–H and O–H groups in total. The van der Waals surface area contributed by atoms with Crippen LogP contribution in [0.3, 0.4) is 0 Å². The van der Waals surface area contributed by atoms with Crippen LogP contribution in [0.4, 0.5) is 22.0 Å². The van der Waals surface area contributed by atoms with Crippen LogP contribution in [-0.4, -0.2) is 47.8 Å². The van der Waals surface area contributed by atoms with Crippen molar-refractivity contribution in [3.63, 3.8) is 0 Å². The summed E-state index contributed by atoms with van der Waals surface area (Å²) in [5, 5.41) is 3.01. The molecule has 0 aliphatic rings. The van der Waals surface area contributed by atoms with Crippen LogP contribution in [0.5, 0.6) is 0 Å². The monoisotopic (exact) mass is 316 g/mol. The summed E-state index contributed by atoms with van der Waals surface area (Å²) in [6.45, 7) is 1.26. The molecule has 0 rings (SSSR count). The minimum absolute atomic E-state index is 0.443. The van der Waals surface area contributed by atoms with Gasteiger partial charge in [-0.05, 0) is 20.3 Å². The first kappa shape index (κ1) is 18.5. The Kier molecular flexibility index (Phi) is 5.31. The highest BCUT2D eigenvalue weighted by Gasteiger charge is 2.65. The van der Waals surface area contributed by atoms with E-state index in [1.54, 1.807) is 0 Å². The first-order chi connectivity index (χ1) is 8.15. The molecule has 0 saturated heterocycles. The van der Waals surface area contributed by atoms with Crippen LogP contribution in [0.25, 0.3) is 0 Å². The Balaban J connectivity index is 5.51. The minimum Gasteiger partial charge on any atom is -0.396 e. The van der Waals surface area contributed by atoms with Gasteiger partial charge in [0, 0.05) is 6.61 Å². The van der Waals surface area contributed by atoms with E-state index >= 15 is 0 Å². The van der Waals surface area contributed by atoms with Gasteiger partial charge in [0.2, 0.25) is 6.10 Å². The van der Waals surface area contributed by atoms with E-state index in [4.69, 9.17) is 9.66 Å². The molecule has 0 aromatic carbocycles. The molecule has 0 aromatic heterocycles. The predicted molar refractivity (Wildman–Crippen MR) is 53.2 cm³/mol. The van der Waals surface area contributed by atoms with Gasteiger partial charge in [-0.1, -0.05) is 0 Å². The highest BCUT2D eigenvalue weighted by atomic mass is 32.2. The van der Waals surface area contributed by atoms with E-state index in [9.17, 15) is 30.4 Å². The van der Waals surface area contributed by atoms with Crippen molar-refractivity contribution >= 4 is 10.1 Å². The normalized spacial score (nSPS) is 16.5. The summed E-state index contributed by atoms with van der Waals surface area (Å²) in [6.07, 6.45) is -10.2. The van der Waals surface area contributed by atoms with Crippen LogP contribution < -0.4 is 0 Å². The number of alkyl halides is 5. The number of aliphatic hydroxyl groups excluding tert-OH is 1. The molecule has 0 heterocycles. The molecule has 1 atom stereocenters. The highest BCUT2D eigenvalue weighted by Crippen LogP contribution is 2.40. The molecular weight excluding hydrogens is 303 g/mol. The van der Waals surface area contributed by atoms with Crippen LogP contribution in [0.15, 0.2) is 0 Å². The van der Waals surface area contributed by atoms with E-state index in [2.05, 4.69) is 4.74 Å². The molecule has 116 valence electrons. The average Bonchev–Trinajstić information content (AvgIpc) is 2.10. The largest absolute Gasteiger partial charge is 0.421 e. The summed E-state index contributed by atoms with van der Waals surface area (Å²) in [7, 11) is -6.31. The maximum Gasteiger partial charge on any atom is 0.421 e. The summed E-state index contributed by atoms with van der Waals surface area (Å²) < 4.78 is 96.6. The molecular formula is C8H13F5O5S. The van der Waals surface area contributed by atoms with Crippen molar-refractivity contribution in [1.29, 1.82) is 0 Å². The van der Waals surface area contributed by atoms with Gasteiger partial charge in [-0.3, -0.25) is 4.55 Å². The molecule has 0 spiro atoms. The van der Waals surface area contributed by atoms with Gasteiger partial charge in [-0.15, -0.1) is 0 Å². The minimum atomic E-state index is -6.31. The lowest BCUT2D eigenvalue weighted by atomic mass is 10.1. The van der Waals surface area contributed by atoms with Gasteiger partial charge in [0.1, 0.15) is 0 Å². The Morgan fingerprint density at radius 1 is 1.16 bits per heavy atom. The Morgan fingerprint density at radius 3 is 1.84 bits per heavy atom. The first-order valence-electron chi connectivity index (χ1n) is 4.85. The van der Waals surface area contributed by atoms with Crippen LogP contribution in [0.2, 0.25) is 0 Å². The SMILES string of the molecule is CC(C)(CCO)OC(C(F)(F)F)C(F)(F)S(=O)(=O)O. The van der Waals surface area contributed by atoms with E-state index in [1.165, 1.54) is 0 Å². The lowest BCUT2D eigenvalue weighted by molar-refractivity contribution is -0.291. The predicted octanol–water partition coefficient (Wildman–Crippen LogP) is 1.58. The molecule has 0 aromatic rings. The Hall–Kier alpha value is -0.520. The van der Waals surface area contributed by atoms with Crippen molar-refractivity contribution < 1.29 is 44.8 Å². The van der Waals surface area contributed by atoms with Crippen molar-refractivity contribution in [3.8, 4) is 0 Å². The highest BCUT2D eigenvalue weighted by molar-refractivity contribution is 7.86. The fraction of sp³-hybridized carbons (Fsp3) is 1.00. The Bertz CT molecular complexity index is 402. The molecule has 0 aliphatic heterocycles. The maximum absolute atomic E-state index is 13.1. The van der Waals surface area contributed by atoms with Crippen molar-refractivity contribution in [1.82, 2.24) is 0 Å². The van der Waals surface area contributed by atoms with Gasteiger partial charge in [0.15, 0.2) is 0 Å². The number of hydrogen-bond donors (Lipinski definition) is 2. The molecule has 19 heavy (non-hydrogen) atoms. The zero-order valence-corrected chi connectivity index (χ0v) is 10.7. The number of rotatable bonds is 6. The van der Waals surface area contributed by atoms with Crippen LogP contribution in [0, 0.1) is 0 Å². The zero-order chi connectivity index (χ0) is 15.7. The summed E-state index contributed by atoms with van der Waals surface area (Å²) in [5.74, 6) is 0. The molecule has 0 radical (unpaired) electrons. The molecule has 11 heteroatoms. The van der Waals surface area contributed by atoms with Crippen LogP contribution in [0.1, 0.15) is 20.3 Å². The van der Waals surface area contributed by atoms with Crippen molar-refractivity contribution in [2.45, 2.75) is 43.4 Å². The van der Waals surface area contributed by atoms with E-state index in [-0.39, 0.29) is 0 Å². The number of ether oxygens (including phenoxy) is 1.